The Labute approximate surface area is 103 Å². The number of thioether (sulfide) groups is 1. The Kier molecular flexibility index (Phi) is 3.87. The second-order valence-electron chi connectivity index (χ2n) is 3.30. The molecule has 0 aliphatic rings. The zero-order valence-electron chi connectivity index (χ0n) is 9.42. The highest BCUT2D eigenvalue weighted by Crippen LogP contribution is 2.20. The van der Waals surface area contributed by atoms with E-state index in [0.717, 1.165) is 0 Å². The molecule has 0 spiro atoms. The number of hydrogen-bond donors (Lipinski definition) is 1. The predicted octanol–water partition coefficient (Wildman–Crippen LogP) is 2.00. The minimum absolute atomic E-state index is 0.463. The van der Waals surface area contributed by atoms with Gasteiger partial charge in [-0.2, -0.15) is 0 Å². The van der Waals surface area contributed by atoms with Crippen molar-refractivity contribution in [2.45, 2.75) is 11.6 Å². The van der Waals surface area contributed by atoms with E-state index >= 15 is 0 Å². The highest BCUT2D eigenvalue weighted by molar-refractivity contribution is 7.98. The van der Waals surface area contributed by atoms with Gasteiger partial charge in [0.15, 0.2) is 0 Å². The first-order chi connectivity index (χ1) is 8.29. The number of hydrogen-bond acceptors (Lipinski definition) is 6. The van der Waals surface area contributed by atoms with Crippen LogP contribution in [0.4, 0.5) is 5.69 Å². The van der Waals surface area contributed by atoms with Gasteiger partial charge in [-0.25, -0.2) is 0 Å². The third-order valence-corrected chi connectivity index (χ3v) is 2.63. The van der Waals surface area contributed by atoms with Crippen molar-refractivity contribution >= 4 is 17.4 Å². The van der Waals surface area contributed by atoms with Crippen LogP contribution in [0.1, 0.15) is 5.89 Å². The van der Waals surface area contributed by atoms with Crippen LogP contribution >= 0.6 is 11.8 Å². The number of rotatable bonds is 5. The Morgan fingerprint density at radius 2 is 2.18 bits per heavy atom. The number of aromatic nitrogens is 2. The number of nitrogen functional groups attached to an aromatic ring is 1. The van der Waals surface area contributed by atoms with Crippen LogP contribution < -0.4 is 10.5 Å². The number of nitrogens with zero attached hydrogens (tertiary/aromatic N) is 2. The van der Waals surface area contributed by atoms with Gasteiger partial charge in [-0.05, 0) is 18.4 Å². The minimum Gasteiger partial charge on any atom is -0.491 e. The maximum absolute atomic E-state index is 5.75. The molecule has 0 bridgehead atoms. The van der Waals surface area contributed by atoms with Gasteiger partial charge in [-0.15, -0.1) is 10.2 Å². The summed E-state index contributed by atoms with van der Waals surface area (Å²) in [6.07, 6.45) is 2.46. The van der Waals surface area contributed by atoms with Crippen molar-refractivity contribution in [1.82, 2.24) is 10.2 Å². The molecular weight excluding hydrogens is 238 g/mol. The van der Waals surface area contributed by atoms with Crippen LogP contribution in [-0.2, 0) is 6.42 Å². The van der Waals surface area contributed by atoms with Crippen LogP contribution in [0.15, 0.2) is 33.9 Å². The predicted molar refractivity (Wildman–Crippen MR) is 66.1 cm³/mol. The van der Waals surface area contributed by atoms with E-state index in [1.54, 1.807) is 6.07 Å². The molecule has 6 heteroatoms. The third-order valence-electron chi connectivity index (χ3n) is 2.12. The lowest BCUT2D eigenvalue weighted by molar-refractivity contribution is 0.301. The summed E-state index contributed by atoms with van der Waals surface area (Å²) in [4.78, 5) is 0. The molecule has 1 aromatic heterocycles. The Hall–Kier alpha value is -1.69. The Morgan fingerprint density at radius 1 is 1.35 bits per heavy atom. The molecule has 0 saturated heterocycles. The number of anilines is 1. The quantitative estimate of drug-likeness (QED) is 0.647. The van der Waals surface area contributed by atoms with Gasteiger partial charge in [0.1, 0.15) is 5.75 Å². The molecule has 0 amide bonds. The van der Waals surface area contributed by atoms with E-state index in [1.807, 2.05) is 24.5 Å². The molecular formula is C11H13N3O2S. The molecule has 0 radical (unpaired) electrons. The number of benzene rings is 1. The van der Waals surface area contributed by atoms with Gasteiger partial charge in [0, 0.05) is 0 Å². The van der Waals surface area contributed by atoms with Crippen molar-refractivity contribution in [3.8, 4) is 5.75 Å². The maximum Gasteiger partial charge on any atom is 0.276 e. The van der Waals surface area contributed by atoms with Gasteiger partial charge in [0.05, 0.1) is 18.7 Å². The molecule has 90 valence electrons. The zero-order chi connectivity index (χ0) is 12.1. The van der Waals surface area contributed by atoms with Gasteiger partial charge in [0.2, 0.25) is 5.89 Å². The van der Waals surface area contributed by atoms with E-state index in [4.69, 9.17) is 14.9 Å². The molecule has 2 rings (SSSR count). The summed E-state index contributed by atoms with van der Waals surface area (Å²) in [5.41, 5.74) is 6.37. The lowest BCUT2D eigenvalue weighted by Gasteiger charge is -2.06. The van der Waals surface area contributed by atoms with E-state index in [1.165, 1.54) is 11.8 Å². The van der Waals surface area contributed by atoms with Gasteiger partial charge < -0.3 is 14.9 Å². The fraction of sp³-hybridized carbons (Fsp3) is 0.273. The van der Waals surface area contributed by atoms with E-state index in [-0.39, 0.29) is 0 Å². The summed E-state index contributed by atoms with van der Waals surface area (Å²) in [5.74, 6) is 1.25. The van der Waals surface area contributed by atoms with Crippen molar-refractivity contribution < 1.29 is 9.15 Å². The van der Waals surface area contributed by atoms with E-state index < -0.39 is 0 Å². The van der Waals surface area contributed by atoms with Crippen LogP contribution in [0.2, 0.25) is 0 Å². The first-order valence-electron chi connectivity index (χ1n) is 5.13. The average molecular weight is 251 g/mol. The summed E-state index contributed by atoms with van der Waals surface area (Å²) >= 11 is 1.42. The first kappa shape index (κ1) is 11.8. The lowest BCUT2D eigenvalue weighted by atomic mass is 10.3. The van der Waals surface area contributed by atoms with E-state index in [0.29, 0.717) is 35.6 Å². The van der Waals surface area contributed by atoms with E-state index in [2.05, 4.69) is 10.2 Å². The third kappa shape index (κ3) is 3.13. The molecule has 0 unspecified atom stereocenters. The Bertz CT molecular complexity index is 487. The van der Waals surface area contributed by atoms with Crippen molar-refractivity contribution in [3.05, 3.63) is 30.2 Å². The van der Waals surface area contributed by atoms with Crippen LogP contribution in [0.3, 0.4) is 0 Å². The normalized spacial score (nSPS) is 10.4. The Morgan fingerprint density at radius 3 is 2.88 bits per heavy atom. The molecule has 17 heavy (non-hydrogen) atoms. The fourth-order valence-corrected chi connectivity index (χ4v) is 1.58. The maximum atomic E-state index is 5.75. The lowest BCUT2D eigenvalue weighted by Crippen LogP contribution is -2.03. The van der Waals surface area contributed by atoms with Gasteiger partial charge in [-0.3, -0.25) is 0 Å². The van der Waals surface area contributed by atoms with Crippen molar-refractivity contribution in [1.29, 1.82) is 0 Å². The second-order valence-corrected chi connectivity index (χ2v) is 4.06. The molecule has 2 N–H and O–H groups in total. The molecule has 0 aliphatic heterocycles. The van der Waals surface area contributed by atoms with Crippen LogP contribution in [0.5, 0.6) is 5.75 Å². The van der Waals surface area contributed by atoms with Gasteiger partial charge in [0.25, 0.3) is 5.22 Å². The van der Waals surface area contributed by atoms with Crippen LogP contribution in [0.25, 0.3) is 0 Å². The van der Waals surface area contributed by atoms with E-state index in [9.17, 15) is 0 Å². The molecule has 0 saturated carbocycles. The standard InChI is InChI=1S/C11H13N3O2S/c1-17-11-14-13-10(16-11)6-7-15-9-5-3-2-4-8(9)12/h2-5H,6-7,12H2,1H3. The molecule has 2 aromatic rings. The smallest absolute Gasteiger partial charge is 0.276 e. The Balaban J connectivity index is 1.85. The minimum atomic E-state index is 0.463. The summed E-state index contributed by atoms with van der Waals surface area (Å²) in [7, 11) is 0. The highest BCUT2D eigenvalue weighted by Gasteiger charge is 2.05. The number of para-hydroxylation sites is 2. The van der Waals surface area contributed by atoms with Gasteiger partial charge in [-0.1, -0.05) is 23.9 Å². The summed E-state index contributed by atoms with van der Waals surface area (Å²) in [6.45, 7) is 0.463. The van der Waals surface area contributed by atoms with Crippen molar-refractivity contribution in [2.75, 3.05) is 18.6 Å². The molecule has 1 aromatic carbocycles. The molecule has 1 heterocycles. The first-order valence-corrected chi connectivity index (χ1v) is 6.35. The molecule has 5 nitrogen and oxygen atoms in total. The topological polar surface area (TPSA) is 74.2 Å². The highest BCUT2D eigenvalue weighted by atomic mass is 32.2. The number of ether oxygens (including phenoxy) is 1. The molecule has 0 atom stereocenters. The second kappa shape index (κ2) is 5.58. The summed E-state index contributed by atoms with van der Waals surface area (Å²) in [6, 6.07) is 7.37. The fourth-order valence-electron chi connectivity index (χ4n) is 1.28. The average Bonchev–Trinajstić information content (AvgIpc) is 2.80. The van der Waals surface area contributed by atoms with Crippen LogP contribution in [-0.4, -0.2) is 23.1 Å². The molecule has 0 fully saturated rings. The SMILES string of the molecule is CSc1nnc(CCOc2ccccc2N)o1. The molecule has 0 aliphatic carbocycles. The van der Waals surface area contributed by atoms with Crippen molar-refractivity contribution in [2.24, 2.45) is 0 Å². The van der Waals surface area contributed by atoms with Crippen LogP contribution in [0, 0.1) is 0 Å². The monoisotopic (exact) mass is 251 g/mol. The summed E-state index contributed by atoms with van der Waals surface area (Å²) < 4.78 is 10.9. The largest absolute Gasteiger partial charge is 0.491 e. The summed E-state index contributed by atoms with van der Waals surface area (Å²) in [5, 5.41) is 8.30. The zero-order valence-corrected chi connectivity index (χ0v) is 10.2. The number of nitrogens with two attached hydrogens (primary N) is 1. The van der Waals surface area contributed by atoms with Crippen molar-refractivity contribution in [3.63, 3.8) is 0 Å². The van der Waals surface area contributed by atoms with Gasteiger partial charge >= 0.3 is 0 Å².